The normalized spacial score (nSPS) is 26.2. The van der Waals surface area contributed by atoms with Crippen LogP contribution in [0, 0.1) is 22.2 Å². The van der Waals surface area contributed by atoms with Gasteiger partial charge < -0.3 is 86.7 Å². The zero-order chi connectivity index (χ0) is 71.2. The molecule has 0 aliphatic carbocycles. The van der Waals surface area contributed by atoms with Gasteiger partial charge in [0.05, 0.1) is 88.4 Å². The minimum absolute atomic E-state index is 0.0321. The number of nitrogens with zero attached hydrogens (tertiary/aromatic N) is 1. The Hall–Kier alpha value is -6.74. The fourth-order valence-electron chi connectivity index (χ4n) is 10.4. The maximum absolute atomic E-state index is 14.7. The number of carbonyl (C=O) groups excluding carboxylic acids is 3. The molecule has 8 rings (SSSR count). The van der Waals surface area contributed by atoms with Crippen LogP contribution < -0.4 is 5.11 Å². The number of esters is 3. The smallest absolute Gasteiger partial charge is 0.311 e. The average molecular weight is 1370 g/mol. The van der Waals surface area contributed by atoms with E-state index in [1.54, 1.807) is 90.0 Å². The van der Waals surface area contributed by atoms with Crippen molar-refractivity contribution in [2.45, 2.75) is 215 Å². The summed E-state index contributed by atoms with van der Waals surface area (Å²) in [5.41, 5.74) is 0.491. The SMILES string of the molecule is CC(C)(C)OC([O-])=NCCO.CC1C(O)C(COCc2ccccc2)OC(OC2C(COCc3ccccc3)OC(OC3C(COCc4ccccc4)OC(O)C(OC(=O)C(C)(C)C)C3OCc3ccccc3)C(OC(=O)C(C)(C)C)C2OCc2ccccc2)C1OC(=O)C(C)(C)C. The van der Waals surface area contributed by atoms with Crippen LogP contribution in [0.25, 0.3) is 0 Å². The number of aliphatic hydroxyl groups is 3. The van der Waals surface area contributed by atoms with Crippen molar-refractivity contribution in [2.75, 3.05) is 33.0 Å². The lowest BCUT2D eigenvalue weighted by Crippen LogP contribution is -2.68. The first-order valence-electron chi connectivity index (χ1n) is 33.4. The van der Waals surface area contributed by atoms with Gasteiger partial charge in [0.1, 0.15) is 48.8 Å². The summed E-state index contributed by atoms with van der Waals surface area (Å²) in [5, 5.41) is 43.1. The Balaban J connectivity index is 0.00000113. The molecule has 3 fully saturated rings. The lowest BCUT2D eigenvalue weighted by Gasteiger charge is -2.51. The molecule has 15 atom stereocenters. The summed E-state index contributed by atoms with van der Waals surface area (Å²) in [4.78, 5) is 46.1. The predicted octanol–water partition coefficient (Wildman–Crippen LogP) is 9.13. The highest BCUT2D eigenvalue weighted by Crippen LogP contribution is 2.40. The van der Waals surface area contributed by atoms with E-state index in [0.29, 0.717) is 0 Å². The summed E-state index contributed by atoms with van der Waals surface area (Å²) in [6, 6.07) is 47.3. The van der Waals surface area contributed by atoms with Crippen LogP contribution in [-0.2, 0) is 114 Å². The topological polar surface area (TPSA) is 277 Å². The van der Waals surface area contributed by atoms with Crippen LogP contribution in [0.3, 0.4) is 0 Å². The van der Waals surface area contributed by atoms with E-state index < -0.39 is 138 Å². The molecule has 0 amide bonds. The third-order valence-corrected chi connectivity index (χ3v) is 15.9. The van der Waals surface area contributed by atoms with E-state index in [4.69, 9.17) is 71.4 Å². The molecule has 3 N–H and O–H groups in total. The van der Waals surface area contributed by atoms with Gasteiger partial charge in [-0.2, -0.15) is 0 Å². The van der Waals surface area contributed by atoms with Crippen molar-refractivity contribution in [2.24, 2.45) is 27.2 Å². The van der Waals surface area contributed by atoms with Crippen LogP contribution in [0.15, 0.2) is 157 Å². The minimum Gasteiger partial charge on any atom is -0.595 e. The first-order chi connectivity index (χ1) is 46.5. The molecule has 22 heteroatoms. The Morgan fingerprint density at radius 1 is 0.439 bits per heavy atom. The highest BCUT2D eigenvalue weighted by molar-refractivity contribution is 5.76. The van der Waals surface area contributed by atoms with Crippen molar-refractivity contribution in [3.8, 4) is 0 Å². The quantitative estimate of drug-likeness (QED) is 0.0191. The largest absolute Gasteiger partial charge is 0.595 e. The van der Waals surface area contributed by atoms with Crippen molar-refractivity contribution in [1.82, 2.24) is 0 Å². The van der Waals surface area contributed by atoms with Gasteiger partial charge in [-0.15, -0.1) is 0 Å². The zero-order valence-electron chi connectivity index (χ0n) is 58.8. The molecule has 5 aromatic carbocycles. The van der Waals surface area contributed by atoms with E-state index >= 15 is 0 Å². The van der Waals surface area contributed by atoms with Gasteiger partial charge in [0.15, 0.2) is 37.2 Å². The van der Waals surface area contributed by atoms with E-state index in [2.05, 4.69) is 4.99 Å². The predicted molar refractivity (Wildman–Crippen MR) is 360 cm³/mol. The molecule has 3 heterocycles. The molecule has 15 unspecified atom stereocenters. The van der Waals surface area contributed by atoms with Gasteiger partial charge in [-0.1, -0.05) is 179 Å². The summed E-state index contributed by atoms with van der Waals surface area (Å²) >= 11 is 0. The molecule has 0 saturated carbocycles. The highest BCUT2D eigenvalue weighted by Gasteiger charge is 2.58. The molecular formula is C76H102NO21-. The molecule has 3 aliphatic heterocycles. The molecule has 5 aromatic rings. The zero-order valence-corrected chi connectivity index (χ0v) is 58.8. The summed E-state index contributed by atoms with van der Waals surface area (Å²) in [5.74, 6) is -2.69. The number of carbonyl (C=O) groups is 3. The van der Waals surface area contributed by atoms with Crippen LogP contribution in [0.2, 0.25) is 0 Å². The van der Waals surface area contributed by atoms with Crippen molar-refractivity contribution >= 4 is 24.0 Å². The first-order valence-corrected chi connectivity index (χ1v) is 33.4. The lowest BCUT2D eigenvalue weighted by molar-refractivity contribution is -0.384. The van der Waals surface area contributed by atoms with Gasteiger partial charge in [-0.05, 0) is 90.1 Å². The average Bonchev–Trinajstić information content (AvgIpc) is 0.776. The van der Waals surface area contributed by atoms with E-state index in [1.165, 1.54) is 0 Å². The second-order valence-corrected chi connectivity index (χ2v) is 28.7. The number of benzene rings is 5. The molecule has 0 aromatic heterocycles. The summed E-state index contributed by atoms with van der Waals surface area (Å²) in [6.45, 7) is 22.3. The van der Waals surface area contributed by atoms with Gasteiger partial charge >= 0.3 is 17.9 Å². The summed E-state index contributed by atoms with van der Waals surface area (Å²) < 4.78 is 91.9. The van der Waals surface area contributed by atoms with Crippen molar-refractivity contribution in [3.63, 3.8) is 0 Å². The maximum atomic E-state index is 14.7. The number of hydrogen-bond donors (Lipinski definition) is 3. The van der Waals surface area contributed by atoms with Gasteiger partial charge in [-0.25, -0.2) is 0 Å². The van der Waals surface area contributed by atoms with Crippen LogP contribution in [0.5, 0.6) is 0 Å². The van der Waals surface area contributed by atoms with Crippen LogP contribution in [-0.4, -0.2) is 164 Å². The molecule has 3 aliphatic rings. The lowest BCUT2D eigenvalue weighted by atomic mass is 9.89. The number of aliphatic hydroxyl groups excluding tert-OH is 3. The molecule has 0 spiro atoms. The molecule has 22 nitrogen and oxygen atoms in total. The third-order valence-electron chi connectivity index (χ3n) is 15.9. The van der Waals surface area contributed by atoms with Gasteiger partial charge in [-0.3, -0.25) is 19.4 Å². The van der Waals surface area contributed by atoms with Crippen LogP contribution >= 0.6 is 0 Å². The number of ether oxygens (including phenoxy) is 14. The molecule has 0 bridgehead atoms. The van der Waals surface area contributed by atoms with Gasteiger partial charge in [0.25, 0.3) is 0 Å². The molecule has 98 heavy (non-hydrogen) atoms. The third kappa shape index (κ3) is 24.6. The second kappa shape index (κ2) is 37.1. The summed E-state index contributed by atoms with van der Waals surface area (Å²) in [7, 11) is 0. The first kappa shape index (κ1) is 78.6. The Kier molecular flexibility index (Phi) is 29.7. The van der Waals surface area contributed by atoms with Gasteiger partial charge in [0, 0.05) is 11.5 Å². The van der Waals surface area contributed by atoms with Crippen molar-refractivity contribution in [1.29, 1.82) is 0 Å². The van der Waals surface area contributed by atoms with Gasteiger partial charge in [0.2, 0.25) is 0 Å². The second-order valence-electron chi connectivity index (χ2n) is 28.7. The number of aliphatic imine (C=N–C) groups is 1. The molecular weight excluding hydrogens is 1260 g/mol. The van der Waals surface area contributed by atoms with Crippen LogP contribution in [0.1, 0.15) is 118 Å². The molecule has 0 radical (unpaired) electrons. The Morgan fingerprint density at radius 3 is 1.14 bits per heavy atom. The number of hydrogen-bond acceptors (Lipinski definition) is 22. The Bertz CT molecular complexity index is 3170. The Morgan fingerprint density at radius 2 is 0.765 bits per heavy atom. The van der Waals surface area contributed by atoms with Crippen molar-refractivity contribution < 1.29 is 101 Å². The van der Waals surface area contributed by atoms with E-state index in [9.17, 15) is 29.7 Å². The fourth-order valence-corrected chi connectivity index (χ4v) is 10.4. The fraction of sp³-hybridized carbons (Fsp3) is 0.553. The van der Waals surface area contributed by atoms with Crippen LogP contribution in [0.4, 0.5) is 0 Å². The van der Waals surface area contributed by atoms with E-state index in [-0.39, 0.29) is 66.0 Å². The molecule has 538 valence electrons. The monoisotopic (exact) mass is 1360 g/mol. The van der Waals surface area contributed by atoms with E-state index in [1.807, 2.05) is 152 Å². The Labute approximate surface area is 577 Å². The molecule has 3 saturated heterocycles. The van der Waals surface area contributed by atoms with Crippen molar-refractivity contribution in [3.05, 3.63) is 179 Å². The minimum atomic E-state index is -1.74. The highest BCUT2D eigenvalue weighted by atomic mass is 16.8. The standard InChI is InChI=1S/C69H88O18.C7H15NO3/c1-44-53(70)50(41-75-36-45-26-16-11-17-27-45)81-62(54(44)85-64(72)67(2,3)4)83-56-52(43-77-38-47-30-20-13-21-31-47)82-63(60(87-66(74)69(8,9)10)58(56)79-40-49-34-24-15-25-35-49)84-55-51(42-76-37-46-28-18-12-19-29-46)80-61(71)59(86-65(73)68(5,6)7)57(55)78-39-48-32-22-14-23-33-48;1-7(2,3)11-6(10)8-4-5-9/h11-35,44,50-63,70-71H,36-43H2,1-10H3;9H,4-5H2,1-3H3,(H,8,10)/p-1. The number of rotatable bonds is 27. The van der Waals surface area contributed by atoms with E-state index in [0.717, 1.165) is 27.8 Å². The maximum Gasteiger partial charge on any atom is 0.311 e. The summed E-state index contributed by atoms with van der Waals surface area (Å²) in [6.07, 6.45) is -19.5.